The number of hydrogen-bond acceptors (Lipinski definition) is 3. The topological polar surface area (TPSA) is 104 Å². The molecule has 1 atom stereocenters. The Balaban J connectivity index is 2.04. The van der Waals surface area contributed by atoms with E-state index in [2.05, 4.69) is 5.32 Å². The van der Waals surface area contributed by atoms with Crippen LogP contribution in [-0.2, 0) is 20.8 Å². The number of nitrogens with one attached hydrogen (secondary N) is 1. The van der Waals surface area contributed by atoms with E-state index in [1.54, 1.807) is 18.2 Å². The van der Waals surface area contributed by atoms with Gasteiger partial charge in [-0.1, -0.05) is 36.0 Å². The molecule has 6 nitrogen and oxygen atoms in total. The SMILES string of the molecule is O=C(O)CC1(C(=O)NCC(Cc2cc(Cl)cc(Cl)c2)C(=O)O)CCCC1. The molecule has 2 rings (SSSR count). The molecule has 1 unspecified atom stereocenters. The predicted molar refractivity (Wildman–Crippen MR) is 97.5 cm³/mol. The number of carbonyl (C=O) groups excluding carboxylic acids is 1. The van der Waals surface area contributed by atoms with Gasteiger partial charge in [0.2, 0.25) is 5.91 Å². The highest BCUT2D eigenvalue weighted by molar-refractivity contribution is 6.34. The molecule has 1 amide bonds. The predicted octanol–water partition coefficient (Wildman–Crippen LogP) is 3.39. The van der Waals surface area contributed by atoms with Gasteiger partial charge in [0.05, 0.1) is 17.8 Å². The first-order valence-electron chi connectivity index (χ1n) is 8.40. The van der Waals surface area contributed by atoms with Gasteiger partial charge in [0.25, 0.3) is 0 Å². The number of rotatable bonds is 8. The summed E-state index contributed by atoms with van der Waals surface area (Å²) in [5.74, 6) is -3.32. The second-order valence-electron chi connectivity index (χ2n) is 6.78. The first kappa shape index (κ1) is 20.5. The molecule has 1 fully saturated rings. The summed E-state index contributed by atoms with van der Waals surface area (Å²) in [4.78, 5) is 35.3. The van der Waals surface area contributed by atoms with E-state index < -0.39 is 23.3 Å². The van der Waals surface area contributed by atoms with Crippen LogP contribution in [0.2, 0.25) is 10.0 Å². The highest BCUT2D eigenvalue weighted by Gasteiger charge is 2.43. The number of benzene rings is 1. The molecule has 26 heavy (non-hydrogen) atoms. The third-order valence-electron chi connectivity index (χ3n) is 4.79. The van der Waals surface area contributed by atoms with E-state index in [1.807, 2.05) is 0 Å². The van der Waals surface area contributed by atoms with E-state index in [0.717, 1.165) is 12.8 Å². The van der Waals surface area contributed by atoms with E-state index in [4.69, 9.17) is 28.3 Å². The van der Waals surface area contributed by atoms with Crippen LogP contribution in [0.4, 0.5) is 0 Å². The molecular weight excluding hydrogens is 381 g/mol. The minimum atomic E-state index is -1.06. The zero-order valence-corrected chi connectivity index (χ0v) is 15.6. The first-order chi connectivity index (χ1) is 12.2. The third-order valence-corrected chi connectivity index (χ3v) is 5.23. The number of carbonyl (C=O) groups is 3. The van der Waals surface area contributed by atoms with Crippen molar-refractivity contribution in [3.8, 4) is 0 Å². The standard InChI is InChI=1S/C18H21Cl2NO5/c19-13-6-11(7-14(20)8-13)5-12(16(24)25)10-21-17(26)18(9-15(22)23)3-1-2-4-18/h6-8,12H,1-5,9-10H2,(H,21,26)(H,22,23)(H,24,25). The van der Waals surface area contributed by atoms with Gasteiger partial charge in [-0.2, -0.15) is 0 Å². The lowest BCUT2D eigenvalue weighted by atomic mass is 9.81. The van der Waals surface area contributed by atoms with Gasteiger partial charge in [-0.15, -0.1) is 0 Å². The highest BCUT2D eigenvalue weighted by atomic mass is 35.5. The molecule has 0 bridgehead atoms. The number of hydrogen-bond donors (Lipinski definition) is 3. The molecule has 0 saturated heterocycles. The largest absolute Gasteiger partial charge is 0.481 e. The quantitative estimate of drug-likeness (QED) is 0.619. The molecule has 142 valence electrons. The molecule has 0 aromatic heterocycles. The van der Waals surface area contributed by atoms with Crippen molar-refractivity contribution in [1.29, 1.82) is 0 Å². The fourth-order valence-corrected chi connectivity index (χ4v) is 4.06. The monoisotopic (exact) mass is 401 g/mol. The molecule has 0 radical (unpaired) electrons. The molecule has 0 aliphatic heterocycles. The zero-order chi connectivity index (χ0) is 19.3. The van der Waals surface area contributed by atoms with E-state index in [0.29, 0.717) is 28.5 Å². The number of aliphatic carboxylic acids is 2. The summed E-state index contributed by atoms with van der Waals surface area (Å²) < 4.78 is 0. The fraction of sp³-hybridized carbons (Fsp3) is 0.500. The van der Waals surface area contributed by atoms with Crippen LogP contribution >= 0.6 is 23.2 Å². The van der Waals surface area contributed by atoms with Gasteiger partial charge < -0.3 is 15.5 Å². The maximum absolute atomic E-state index is 12.6. The van der Waals surface area contributed by atoms with Crippen molar-refractivity contribution in [3.05, 3.63) is 33.8 Å². The van der Waals surface area contributed by atoms with Gasteiger partial charge >= 0.3 is 11.9 Å². The molecule has 0 heterocycles. The molecule has 1 saturated carbocycles. The number of halogens is 2. The Morgan fingerprint density at radius 2 is 1.65 bits per heavy atom. The van der Waals surface area contributed by atoms with Crippen LogP contribution in [0.25, 0.3) is 0 Å². The normalized spacial score (nSPS) is 16.8. The van der Waals surface area contributed by atoms with Crippen LogP contribution in [-0.4, -0.2) is 34.6 Å². The van der Waals surface area contributed by atoms with Crippen LogP contribution < -0.4 is 5.32 Å². The van der Waals surface area contributed by atoms with Crippen LogP contribution in [0.3, 0.4) is 0 Å². The summed E-state index contributed by atoms with van der Waals surface area (Å²) in [6.45, 7) is -0.0837. The lowest BCUT2D eigenvalue weighted by molar-refractivity contribution is -0.146. The molecule has 0 spiro atoms. The Hall–Kier alpha value is -1.79. The van der Waals surface area contributed by atoms with Crippen molar-refractivity contribution < 1.29 is 24.6 Å². The van der Waals surface area contributed by atoms with Gasteiger partial charge in [0.15, 0.2) is 0 Å². The van der Waals surface area contributed by atoms with Gasteiger partial charge in [-0.3, -0.25) is 14.4 Å². The van der Waals surface area contributed by atoms with Gasteiger partial charge in [-0.05, 0) is 43.0 Å². The van der Waals surface area contributed by atoms with Gasteiger partial charge in [-0.25, -0.2) is 0 Å². The molecule has 1 aliphatic carbocycles. The van der Waals surface area contributed by atoms with Crippen molar-refractivity contribution in [2.75, 3.05) is 6.54 Å². The molecular formula is C18H21Cl2NO5. The van der Waals surface area contributed by atoms with Gasteiger partial charge in [0, 0.05) is 16.6 Å². The smallest absolute Gasteiger partial charge is 0.308 e. The maximum Gasteiger partial charge on any atom is 0.308 e. The van der Waals surface area contributed by atoms with Crippen LogP contribution in [0.1, 0.15) is 37.7 Å². The average molecular weight is 402 g/mol. The van der Waals surface area contributed by atoms with E-state index in [-0.39, 0.29) is 25.3 Å². The van der Waals surface area contributed by atoms with Crippen LogP contribution in [0, 0.1) is 11.3 Å². The van der Waals surface area contributed by atoms with E-state index in [9.17, 15) is 19.5 Å². The number of amides is 1. The van der Waals surface area contributed by atoms with Crippen LogP contribution in [0.15, 0.2) is 18.2 Å². The lowest BCUT2D eigenvalue weighted by Gasteiger charge is -2.26. The van der Waals surface area contributed by atoms with Gasteiger partial charge in [0.1, 0.15) is 0 Å². The zero-order valence-electron chi connectivity index (χ0n) is 14.1. The highest BCUT2D eigenvalue weighted by Crippen LogP contribution is 2.41. The second kappa shape index (κ2) is 8.73. The fourth-order valence-electron chi connectivity index (χ4n) is 3.49. The van der Waals surface area contributed by atoms with Crippen molar-refractivity contribution >= 4 is 41.0 Å². The number of carboxylic acids is 2. The van der Waals surface area contributed by atoms with Crippen molar-refractivity contribution in [3.63, 3.8) is 0 Å². The molecule has 1 aromatic carbocycles. The summed E-state index contributed by atoms with van der Waals surface area (Å²) in [6, 6.07) is 4.82. The van der Waals surface area contributed by atoms with E-state index in [1.165, 1.54) is 0 Å². The molecule has 8 heteroatoms. The molecule has 1 aliphatic rings. The Kier molecular flexibility index (Phi) is 6.89. The molecule has 1 aromatic rings. The first-order valence-corrected chi connectivity index (χ1v) is 9.15. The lowest BCUT2D eigenvalue weighted by Crippen LogP contribution is -2.44. The third kappa shape index (κ3) is 5.35. The summed E-state index contributed by atoms with van der Waals surface area (Å²) in [6.07, 6.45) is 2.52. The van der Waals surface area contributed by atoms with Crippen LogP contribution in [0.5, 0.6) is 0 Å². The Morgan fingerprint density at radius 1 is 1.08 bits per heavy atom. The summed E-state index contributed by atoms with van der Waals surface area (Å²) in [5.41, 5.74) is -0.279. The number of carboxylic acid groups (broad SMARTS) is 2. The van der Waals surface area contributed by atoms with Crippen molar-refractivity contribution in [2.45, 2.75) is 38.5 Å². The Morgan fingerprint density at radius 3 is 2.15 bits per heavy atom. The Bertz CT molecular complexity index is 681. The Labute approximate surface area is 161 Å². The summed E-state index contributed by atoms with van der Waals surface area (Å²) in [7, 11) is 0. The average Bonchev–Trinajstić information content (AvgIpc) is 2.98. The molecule has 3 N–H and O–H groups in total. The minimum Gasteiger partial charge on any atom is -0.481 e. The van der Waals surface area contributed by atoms with Crippen molar-refractivity contribution in [1.82, 2.24) is 5.32 Å². The summed E-state index contributed by atoms with van der Waals surface area (Å²) >= 11 is 11.9. The summed E-state index contributed by atoms with van der Waals surface area (Å²) in [5, 5.41) is 22.0. The van der Waals surface area contributed by atoms with E-state index >= 15 is 0 Å². The maximum atomic E-state index is 12.6. The van der Waals surface area contributed by atoms with Crippen molar-refractivity contribution in [2.24, 2.45) is 11.3 Å². The second-order valence-corrected chi connectivity index (χ2v) is 7.66. The minimum absolute atomic E-state index is 0.0837.